The number of nitrogens with zero attached hydrogens (tertiary/aromatic N) is 1. The minimum atomic E-state index is -4.68. The zero-order valence-corrected chi connectivity index (χ0v) is 11.9. The highest BCUT2D eigenvalue weighted by molar-refractivity contribution is 6.33. The molecular weight excluding hydrogens is 313 g/mol. The summed E-state index contributed by atoms with van der Waals surface area (Å²) in [6.07, 6.45) is -4.68. The Labute approximate surface area is 123 Å². The molecule has 5 nitrogen and oxygen atoms in total. The van der Waals surface area contributed by atoms with Gasteiger partial charge in [-0.1, -0.05) is 11.6 Å². The highest BCUT2D eigenvalue weighted by Gasteiger charge is 2.42. The third-order valence-corrected chi connectivity index (χ3v) is 2.99. The van der Waals surface area contributed by atoms with E-state index in [2.05, 4.69) is 10.3 Å². The van der Waals surface area contributed by atoms with E-state index in [1.807, 2.05) is 0 Å². The van der Waals surface area contributed by atoms with Crippen molar-refractivity contribution in [1.29, 1.82) is 0 Å². The summed E-state index contributed by atoms with van der Waals surface area (Å²) < 4.78 is 49.3. The molecule has 0 aliphatic carbocycles. The number of pyridine rings is 1. The summed E-state index contributed by atoms with van der Waals surface area (Å²) in [6.45, 7) is 3.11. The van der Waals surface area contributed by atoms with Gasteiger partial charge in [-0.05, 0) is 13.0 Å². The number of hydrogen-bond acceptors (Lipinski definition) is 4. The summed E-state index contributed by atoms with van der Waals surface area (Å²) >= 11 is 5.71. The number of carbonyl (C=O) groups is 1. The van der Waals surface area contributed by atoms with Gasteiger partial charge >= 0.3 is 6.18 Å². The second-order valence-corrected chi connectivity index (χ2v) is 5.30. The van der Waals surface area contributed by atoms with Crippen LogP contribution in [0.25, 0.3) is 0 Å². The number of halogens is 4. The van der Waals surface area contributed by atoms with Crippen molar-refractivity contribution in [3.8, 4) is 5.88 Å². The van der Waals surface area contributed by atoms with E-state index in [9.17, 15) is 18.0 Å². The molecule has 0 unspecified atom stereocenters. The first-order valence-electron chi connectivity index (χ1n) is 5.93. The second kappa shape index (κ2) is 5.34. The first kappa shape index (κ1) is 15.8. The Bertz CT molecular complexity index is 574. The van der Waals surface area contributed by atoms with Crippen molar-refractivity contribution in [2.75, 3.05) is 18.5 Å². The fourth-order valence-corrected chi connectivity index (χ4v) is 1.89. The van der Waals surface area contributed by atoms with Gasteiger partial charge in [-0.3, -0.25) is 4.79 Å². The van der Waals surface area contributed by atoms with Crippen LogP contribution in [-0.2, 0) is 15.7 Å². The molecule has 116 valence electrons. The van der Waals surface area contributed by atoms with E-state index in [0.717, 1.165) is 0 Å². The van der Waals surface area contributed by atoms with Crippen LogP contribution in [0.3, 0.4) is 0 Å². The molecule has 9 heteroatoms. The molecule has 0 saturated carbocycles. The molecule has 0 radical (unpaired) electrons. The average molecular weight is 325 g/mol. The van der Waals surface area contributed by atoms with Gasteiger partial charge in [-0.25, -0.2) is 0 Å². The maximum Gasteiger partial charge on any atom is 0.421 e. The summed E-state index contributed by atoms with van der Waals surface area (Å²) in [5.74, 6) is -1.33. The van der Waals surface area contributed by atoms with Gasteiger partial charge < -0.3 is 14.8 Å². The Morgan fingerprint density at radius 3 is 2.57 bits per heavy atom. The van der Waals surface area contributed by atoms with Gasteiger partial charge in [0.25, 0.3) is 0 Å². The van der Waals surface area contributed by atoms with Gasteiger partial charge in [-0.15, -0.1) is 0 Å². The van der Waals surface area contributed by atoms with Crippen LogP contribution < -0.4 is 10.1 Å². The van der Waals surface area contributed by atoms with Gasteiger partial charge in [0.2, 0.25) is 11.8 Å². The molecule has 0 atom stereocenters. The first-order chi connectivity index (χ1) is 9.61. The molecule has 2 rings (SSSR count). The summed E-state index contributed by atoms with van der Waals surface area (Å²) in [6, 6.07) is 0.679. The Morgan fingerprint density at radius 1 is 1.52 bits per heavy atom. The van der Waals surface area contributed by atoms with Crippen LogP contribution in [0.1, 0.15) is 19.4 Å². The van der Waals surface area contributed by atoms with Crippen molar-refractivity contribution in [2.45, 2.75) is 25.6 Å². The number of amides is 1. The van der Waals surface area contributed by atoms with E-state index >= 15 is 0 Å². The smallest absolute Gasteiger partial charge is 0.421 e. The van der Waals surface area contributed by atoms with E-state index in [1.54, 1.807) is 6.92 Å². The summed E-state index contributed by atoms with van der Waals surface area (Å²) in [5, 5.41) is 1.93. The molecule has 0 bridgehead atoms. The van der Waals surface area contributed by atoms with Crippen LogP contribution in [0.5, 0.6) is 5.88 Å². The Kier molecular flexibility index (Phi) is 4.03. The molecule has 1 saturated heterocycles. The lowest BCUT2D eigenvalue weighted by Gasteiger charge is -2.38. The topological polar surface area (TPSA) is 60.5 Å². The Hall–Kier alpha value is -1.54. The Morgan fingerprint density at radius 2 is 2.14 bits per heavy atom. The number of alkyl halides is 3. The quantitative estimate of drug-likeness (QED) is 0.928. The average Bonchev–Trinajstić information content (AvgIpc) is 2.29. The molecule has 1 aliphatic rings. The molecule has 1 aromatic rings. The first-order valence-corrected chi connectivity index (χ1v) is 6.31. The van der Waals surface area contributed by atoms with Crippen LogP contribution in [0.15, 0.2) is 6.07 Å². The van der Waals surface area contributed by atoms with Crippen molar-refractivity contribution in [1.82, 2.24) is 4.98 Å². The highest BCUT2D eigenvalue weighted by atomic mass is 35.5. The van der Waals surface area contributed by atoms with Gasteiger partial charge in [0, 0.05) is 6.92 Å². The normalized spacial score (nSPS) is 17.0. The van der Waals surface area contributed by atoms with E-state index in [-0.39, 0.29) is 24.1 Å². The lowest BCUT2D eigenvalue weighted by atomic mass is 10.1. The van der Waals surface area contributed by atoms with Gasteiger partial charge in [0.15, 0.2) is 11.4 Å². The lowest BCUT2D eigenvalue weighted by Crippen LogP contribution is -2.52. The van der Waals surface area contributed by atoms with Crippen LogP contribution >= 0.6 is 11.6 Å². The van der Waals surface area contributed by atoms with E-state index in [0.29, 0.717) is 6.07 Å². The van der Waals surface area contributed by atoms with Crippen LogP contribution in [0, 0.1) is 0 Å². The van der Waals surface area contributed by atoms with Crippen LogP contribution in [0.4, 0.5) is 19.0 Å². The minimum Gasteiger partial charge on any atom is -0.466 e. The predicted molar refractivity (Wildman–Crippen MR) is 68.4 cm³/mol. The number of ether oxygens (including phenoxy) is 2. The predicted octanol–water partition coefficient (Wildman–Crippen LogP) is 2.88. The zero-order valence-electron chi connectivity index (χ0n) is 11.2. The maximum atomic E-state index is 13.0. The molecule has 1 aliphatic heterocycles. The SMILES string of the molecule is CC(=O)Nc1nc(OC2(C)COC2)c(C(F)(F)F)cc1Cl. The minimum absolute atomic E-state index is 0.157. The maximum absolute atomic E-state index is 13.0. The third kappa shape index (κ3) is 3.56. The van der Waals surface area contributed by atoms with Crippen molar-refractivity contribution < 1.29 is 27.4 Å². The fourth-order valence-electron chi connectivity index (χ4n) is 1.69. The molecule has 21 heavy (non-hydrogen) atoms. The molecule has 1 amide bonds. The number of carbonyl (C=O) groups excluding carboxylic acids is 1. The van der Waals surface area contributed by atoms with Crippen LogP contribution in [0.2, 0.25) is 5.02 Å². The van der Waals surface area contributed by atoms with Crippen LogP contribution in [-0.4, -0.2) is 29.7 Å². The fraction of sp³-hybridized carbons (Fsp3) is 0.500. The molecule has 0 aromatic carbocycles. The Balaban J connectivity index is 2.44. The molecule has 1 fully saturated rings. The largest absolute Gasteiger partial charge is 0.466 e. The molecule has 1 N–H and O–H groups in total. The van der Waals surface area contributed by atoms with Gasteiger partial charge in [0.1, 0.15) is 5.56 Å². The third-order valence-electron chi connectivity index (χ3n) is 2.70. The van der Waals surface area contributed by atoms with Gasteiger partial charge in [-0.2, -0.15) is 18.2 Å². The molecule has 1 aromatic heterocycles. The zero-order chi connectivity index (χ0) is 15.8. The monoisotopic (exact) mass is 324 g/mol. The molecular formula is C12H12ClF3N2O3. The number of aromatic nitrogens is 1. The van der Waals surface area contributed by atoms with Crippen molar-refractivity contribution in [2.24, 2.45) is 0 Å². The van der Waals surface area contributed by atoms with Gasteiger partial charge in [0.05, 0.1) is 18.2 Å². The number of rotatable bonds is 3. The van der Waals surface area contributed by atoms with E-state index in [1.165, 1.54) is 6.92 Å². The lowest BCUT2D eigenvalue weighted by molar-refractivity contribution is -0.162. The number of anilines is 1. The number of hydrogen-bond donors (Lipinski definition) is 1. The number of nitrogens with one attached hydrogen (secondary N) is 1. The summed E-state index contributed by atoms with van der Waals surface area (Å²) in [5.41, 5.74) is -1.98. The van der Waals surface area contributed by atoms with E-state index in [4.69, 9.17) is 21.1 Å². The summed E-state index contributed by atoms with van der Waals surface area (Å²) in [7, 11) is 0. The second-order valence-electron chi connectivity index (χ2n) is 4.90. The van der Waals surface area contributed by atoms with Crippen molar-refractivity contribution in [3.63, 3.8) is 0 Å². The van der Waals surface area contributed by atoms with E-state index < -0.39 is 29.1 Å². The standard InChI is InChI=1S/C12H12ClF3N2O3/c1-6(19)17-9-8(13)3-7(12(14,15)16)10(18-9)21-11(2)4-20-5-11/h3H,4-5H2,1-2H3,(H,17,18,19). The molecule has 2 heterocycles. The van der Waals surface area contributed by atoms with Crippen molar-refractivity contribution >= 4 is 23.3 Å². The summed E-state index contributed by atoms with van der Waals surface area (Å²) in [4.78, 5) is 14.7. The van der Waals surface area contributed by atoms with Crippen molar-refractivity contribution in [3.05, 3.63) is 16.7 Å². The molecule has 0 spiro atoms. The highest BCUT2D eigenvalue weighted by Crippen LogP contribution is 2.40.